The number of amides is 4. The Morgan fingerprint density at radius 3 is 2.31 bits per heavy atom. The monoisotopic (exact) mass is 762 g/mol. The Labute approximate surface area is 308 Å². The van der Waals surface area contributed by atoms with Crippen LogP contribution in [-0.2, 0) is 24.6 Å². The van der Waals surface area contributed by atoms with Crippen molar-refractivity contribution < 1.29 is 29.0 Å². The van der Waals surface area contributed by atoms with Crippen molar-refractivity contribution in [2.45, 2.75) is 24.2 Å². The summed E-state index contributed by atoms with van der Waals surface area (Å²) < 4.78 is 5.93. The fraction of sp³-hybridized carbons (Fsp3) is 0.220. The maximum Gasteiger partial charge on any atom is 0.246 e. The van der Waals surface area contributed by atoms with Gasteiger partial charge >= 0.3 is 0 Å². The van der Waals surface area contributed by atoms with Crippen molar-refractivity contribution in [3.63, 3.8) is 0 Å². The van der Waals surface area contributed by atoms with E-state index in [-0.39, 0.29) is 36.2 Å². The number of imide groups is 2. The van der Waals surface area contributed by atoms with Crippen molar-refractivity contribution in [2.75, 3.05) is 16.9 Å². The zero-order valence-electron chi connectivity index (χ0n) is 27.5. The van der Waals surface area contributed by atoms with Crippen LogP contribution >= 0.6 is 27.5 Å². The lowest BCUT2D eigenvalue weighted by Gasteiger charge is -2.50. The van der Waals surface area contributed by atoms with Crippen LogP contribution in [0.4, 0.5) is 11.4 Å². The number of benzene rings is 4. The molecule has 2 heterocycles. The first-order valence-corrected chi connectivity index (χ1v) is 17.8. The van der Waals surface area contributed by atoms with E-state index < -0.39 is 46.8 Å². The lowest BCUT2D eigenvalue weighted by atomic mass is 9.49. The quantitative estimate of drug-likeness (QED) is 0.159. The maximum absolute atomic E-state index is 15.4. The minimum absolute atomic E-state index is 0.110. The second kappa shape index (κ2) is 12.4. The second-order valence-corrected chi connectivity index (χ2v) is 14.7. The number of anilines is 2. The fourth-order valence-electron chi connectivity index (χ4n) is 9.05. The zero-order chi connectivity index (χ0) is 35.8. The predicted octanol–water partition coefficient (Wildman–Crippen LogP) is 7.83. The number of carbonyl (C=O) groups is 4. The third-order valence-corrected chi connectivity index (χ3v) is 12.0. The van der Waals surface area contributed by atoms with Crippen LogP contribution < -0.4 is 14.5 Å². The Hall–Kier alpha value is -4.99. The largest absolute Gasteiger partial charge is 0.503 e. The van der Waals surface area contributed by atoms with Crippen LogP contribution in [0, 0.1) is 23.7 Å². The molecule has 10 heteroatoms. The highest BCUT2D eigenvalue weighted by Crippen LogP contribution is 2.65. The number of halogens is 2. The third kappa shape index (κ3) is 4.78. The Bertz CT molecular complexity index is 2190. The molecule has 1 saturated carbocycles. The van der Waals surface area contributed by atoms with Crippen LogP contribution in [-0.4, -0.2) is 35.8 Å². The first-order valence-electron chi connectivity index (χ1n) is 16.7. The molecule has 1 N–H and O–H groups in total. The molecule has 3 fully saturated rings. The normalized spacial score (nSPS) is 26.8. The molecule has 0 bridgehead atoms. The van der Waals surface area contributed by atoms with E-state index in [1.807, 2.05) is 48.5 Å². The van der Waals surface area contributed by atoms with Gasteiger partial charge in [0.1, 0.15) is 0 Å². The van der Waals surface area contributed by atoms with E-state index in [2.05, 4.69) is 22.5 Å². The summed E-state index contributed by atoms with van der Waals surface area (Å²) in [6.45, 7) is 3.80. The molecular formula is C41H32BrClN2O6. The number of methoxy groups -OCH3 is 1. The third-order valence-electron chi connectivity index (χ3n) is 11.2. The zero-order valence-corrected chi connectivity index (χ0v) is 29.8. The molecule has 0 aromatic heterocycles. The molecule has 51 heavy (non-hydrogen) atoms. The standard InChI is InChI=1S/C41H32BrClN2O6/c1-3-22-12-14-26(15-13-22)44-37(47)29-17-16-28-30(34(29)39(44)49)21-31-38(48)45(27-11-7-10-25(43)20-27)40(50)41(31,24-8-5-4-6-9-24)35(28)23-18-32(42)36(46)33(19-23)51-2/h3-16,18-20,29-31,34-35,46H,1,17,21H2,2H3. The van der Waals surface area contributed by atoms with Crippen molar-refractivity contribution in [1.29, 1.82) is 0 Å². The minimum atomic E-state index is -1.46. The van der Waals surface area contributed by atoms with Gasteiger partial charge in [-0.15, -0.1) is 0 Å². The molecule has 2 aliphatic carbocycles. The molecule has 4 amide bonds. The Balaban J connectivity index is 1.36. The molecule has 0 radical (unpaired) electrons. The van der Waals surface area contributed by atoms with Gasteiger partial charge in [0.05, 0.1) is 46.1 Å². The molecule has 4 aliphatic rings. The number of ether oxygens (including phenoxy) is 1. The lowest BCUT2D eigenvalue weighted by molar-refractivity contribution is -0.127. The number of rotatable bonds is 6. The number of nitrogens with zero attached hydrogens (tertiary/aromatic N) is 2. The SMILES string of the molecule is C=Cc1ccc(N2C(=O)C3CC=C4C(CC5C(=O)N(c6cccc(Cl)c6)C(=O)C5(c5ccccc5)C4c4cc(Br)c(O)c(OC)c4)C3C2=O)cc1. The summed E-state index contributed by atoms with van der Waals surface area (Å²) in [7, 11) is 1.44. The Morgan fingerprint density at radius 2 is 1.63 bits per heavy atom. The summed E-state index contributed by atoms with van der Waals surface area (Å²) >= 11 is 9.90. The highest BCUT2D eigenvalue weighted by atomic mass is 79.9. The van der Waals surface area contributed by atoms with Crippen LogP contribution in [0.1, 0.15) is 35.4 Å². The molecule has 6 atom stereocenters. The number of aromatic hydroxyl groups is 1. The van der Waals surface area contributed by atoms with Crippen molar-refractivity contribution in [3.8, 4) is 11.5 Å². The minimum Gasteiger partial charge on any atom is -0.503 e. The van der Waals surface area contributed by atoms with Crippen LogP contribution in [0.5, 0.6) is 11.5 Å². The van der Waals surface area contributed by atoms with E-state index in [9.17, 15) is 19.5 Å². The van der Waals surface area contributed by atoms with Gasteiger partial charge in [-0.2, -0.15) is 0 Å². The van der Waals surface area contributed by atoms with Crippen molar-refractivity contribution in [3.05, 3.63) is 135 Å². The Morgan fingerprint density at radius 1 is 0.882 bits per heavy atom. The van der Waals surface area contributed by atoms with Crippen LogP contribution in [0.25, 0.3) is 6.08 Å². The van der Waals surface area contributed by atoms with Crippen LogP contribution in [0.2, 0.25) is 5.02 Å². The lowest BCUT2D eigenvalue weighted by Crippen LogP contribution is -2.53. The first-order chi connectivity index (χ1) is 24.6. The number of fused-ring (bicyclic) bond motifs is 4. The second-order valence-electron chi connectivity index (χ2n) is 13.5. The molecule has 0 spiro atoms. The number of carbonyl (C=O) groups excluding carboxylic acids is 4. The van der Waals surface area contributed by atoms with Crippen molar-refractivity contribution in [2.24, 2.45) is 23.7 Å². The summed E-state index contributed by atoms with van der Waals surface area (Å²) in [5.41, 5.74) is 2.28. The highest BCUT2D eigenvalue weighted by molar-refractivity contribution is 9.10. The summed E-state index contributed by atoms with van der Waals surface area (Å²) in [5, 5.41) is 11.2. The topological polar surface area (TPSA) is 104 Å². The van der Waals surface area contributed by atoms with E-state index in [4.69, 9.17) is 16.3 Å². The molecule has 256 valence electrons. The average Bonchev–Trinajstić information content (AvgIpc) is 3.53. The van der Waals surface area contributed by atoms with Gasteiger partial charge in [0.2, 0.25) is 23.6 Å². The Kier molecular flexibility index (Phi) is 8.03. The first kappa shape index (κ1) is 33.2. The fourth-order valence-corrected chi connectivity index (χ4v) is 9.69. The molecule has 4 aromatic carbocycles. The van der Waals surface area contributed by atoms with E-state index in [1.54, 1.807) is 54.6 Å². The van der Waals surface area contributed by atoms with Gasteiger partial charge in [0, 0.05) is 10.9 Å². The van der Waals surface area contributed by atoms with Crippen LogP contribution in [0.15, 0.2) is 114 Å². The van der Waals surface area contributed by atoms with Gasteiger partial charge in [0.25, 0.3) is 0 Å². The molecule has 8 rings (SSSR count). The summed E-state index contributed by atoms with van der Waals surface area (Å²) in [4.78, 5) is 61.4. The molecule has 2 aliphatic heterocycles. The smallest absolute Gasteiger partial charge is 0.246 e. The van der Waals surface area contributed by atoms with E-state index in [0.717, 1.165) is 11.1 Å². The van der Waals surface area contributed by atoms with Gasteiger partial charge < -0.3 is 9.84 Å². The van der Waals surface area contributed by atoms with E-state index in [0.29, 0.717) is 32.0 Å². The number of allylic oxidation sites excluding steroid dienone is 2. The van der Waals surface area contributed by atoms with Gasteiger partial charge in [-0.3, -0.25) is 24.1 Å². The number of phenolic OH excluding ortho intramolecular Hbond substituents is 1. The highest BCUT2D eigenvalue weighted by Gasteiger charge is 2.70. The van der Waals surface area contributed by atoms with Gasteiger partial charge in [-0.05, 0) is 93.8 Å². The van der Waals surface area contributed by atoms with Crippen molar-refractivity contribution >= 4 is 68.6 Å². The number of hydrogen-bond donors (Lipinski definition) is 1. The van der Waals surface area contributed by atoms with Crippen molar-refractivity contribution in [1.82, 2.24) is 0 Å². The molecule has 8 nitrogen and oxygen atoms in total. The summed E-state index contributed by atoms with van der Waals surface area (Å²) in [6, 6.07) is 26.5. The van der Waals surface area contributed by atoms with Gasteiger partial charge in [-0.25, -0.2) is 4.90 Å². The van der Waals surface area contributed by atoms with Gasteiger partial charge in [0.15, 0.2) is 11.5 Å². The van der Waals surface area contributed by atoms with Gasteiger partial charge in [-0.1, -0.05) is 84.4 Å². The average molecular weight is 764 g/mol. The number of hydrogen-bond acceptors (Lipinski definition) is 6. The maximum atomic E-state index is 15.4. The molecule has 4 aromatic rings. The number of phenols is 1. The molecule has 6 unspecified atom stereocenters. The molecular weight excluding hydrogens is 732 g/mol. The summed E-state index contributed by atoms with van der Waals surface area (Å²) in [6.07, 6.45) is 4.14. The summed E-state index contributed by atoms with van der Waals surface area (Å²) in [5.74, 6) is -4.99. The van der Waals surface area contributed by atoms with E-state index in [1.165, 1.54) is 16.9 Å². The van der Waals surface area contributed by atoms with Crippen LogP contribution in [0.3, 0.4) is 0 Å². The van der Waals surface area contributed by atoms with E-state index >= 15 is 4.79 Å². The predicted molar refractivity (Wildman–Crippen MR) is 197 cm³/mol. The molecule has 2 saturated heterocycles.